The fourth-order valence-corrected chi connectivity index (χ4v) is 2.32. The standard InChI is InChI=1S/C19H17ClN4O2/c1-13-3-2-4-15(11-13)21-17-9-10-18(24-23-17)22-19(25)12-26-16-7-5-14(20)6-8-16/h2-11H,12H2,1H3,(H,21,23)(H,22,24,25). The first-order chi connectivity index (χ1) is 12.6. The van der Waals surface area contributed by atoms with Crippen LogP contribution in [0.1, 0.15) is 5.56 Å². The quantitative estimate of drug-likeness (QED) is 0.682. The third-order valence-electron chi connectivity index (χ3n) is 3.41. The highest BCUT2D eigenvalue weighted by molar-refractivity contribution is 6.30. The Balaban J connectivity index is 1.51. The lowest BCUT2D eigenvalue weighted by Crippen LogP contribution is -2.21. The first-order valence-corrected chi connectivity index (χ1v) is 8.32. The SMILES string of the molecule is Cc1cccc(Nc2ccc(NC(=O)COc3ccc(Cl)cc3)nn2)c1. The number of aryl methyl sites for hydroxylation is 1. The molecule has 3 aromatic rings. The summed E-state index contributed by atoms with van der Waals surface area (Å²) >= 11 is 5.80. The summed E-state index contributed by atoms with van der Waals surface area (Å²) < 4.78 is 5.38. The zero-order chi connectivity index (χ0) is 18.4. The van der Waals surface area contributed by atoms with E-state index < -0.39 is 0 Å². The highest BCUT2D eigenvalue weighted by Gasteiger charge is 2.06. The Hall–Kier alpha value is -3.12. The van der Waals surface area contributed by atoms with E-state index in [9.17, 15) is 4.79 Å². The van der Waals surface area contributed by atoms with Gasteiger partial charge in [0.2, 0.25) is 0 Å². The fourth-order valence-electron chi connectivity index (χ4n) is 2.19. The molecule has 0 aliphatic rings. The average Bonchev–Trinajstić information content (AvgIpc) is 2.63. The Kier molecular flexibility index (Phi) is 5.66. The predicted octanol–water partition coefficient (Wildman–Crippen LogP) is 4.20. The van der Waals surface area contributed by atoms with Crippen LogP contribution < -0.4 is 15.4 Å². The number of rotatable bonds is 6. The monoisotopic (exact) mass is 368 g/mol. The van der Waals surface area contributed by atoms with E-state index in [2.05, 4.69) is 20.8 Å². The van der Waals surface area contributed by atoms with Gasteiger partial charge in [0, 0.05) is 10.7 Å². The largest absolute Gasteiger partial charge is 0.484 e. The molecule has 6 nitrogen and oxygen atoms in total. The van der Waals surface area contributed by atoms with Gasteiger partial charge in [0.1, 0.15) is 5.75 Å². The van der Waals surface area contributed by atoms with Crippen molar-refractivity contribution >= 4 is 34.8 Å². The number of nitrogens with one attached hydrogen (secondary N) is 2. The summed E-state index contributed by atoms with van der Waals surface area (Å²) in [5, 5.41) is 14.4. The van der Waals surface area contributed by atoms with E-state index in [1.165, 1.54) is 0 Å². The van der Waals surface area contributed by atoms with Gasteiger partial charge in [-0.25, -0.2) is 0 Å². The van der Waals surface area contributed by atoms with Gasteiger partial charge in [-0.15, -0.1) is 10.2 Å². The van der Waals surface area contributed by atoms with E-state index in [1.54, 1.807) is 36.4 Å². The molecule has 0 radical (unpaired) electrons. The van der Waals surface area contributed by atoms with Crippen molar-refractivity contribution in [1.82, 2.24) is 10.2 Å². The van der Waals surface area contributed by atoms with Gasteiger partial charge in [-0.05, 0) is 61.0 Å². The molecule has 0 aliphatic heterocycles. The second-order valence-electron chi connectivity index (χ2n) is 5.59. The molecule has 3 rings (SSSR count). The Bertz CT molecular complexity index is 883. The molecule has 0 fully saturated rings. The number of hydrogen-bond acceptors (Lipinski definition) is 5. The second-order valence-corrected chi connectivity index (χ2v) is 6.03. The number of hydrogen-bond donors (Lipinski definition) is 2. The minimum absolute atomic E-state index is 0.132. The Morgan fingerprint density at radius 1 is 1.04 bits per heavy atom. The third kappa shape index (κ3) is 5.19. The Labute approximate surface area is 156 Å². The third-order valence-corrected chi connectivity index (χ3v) is 3.66. The molecule has 26 heavy (non-hydrogen) atoms. The minimum Gasteiger partial charge on any atom is -0.484 e. The number of nitrogens with zero attached hydrogens (tertiary/aromatic N) is 2. The topological polar surface area (TPSA) is 76.1 Å². The van der Waals surface area contributed by atoms with E-state index >= 15 is 0 Å². The van der Waals surface area contributed by atoms with Gasteiger partial charge in [-0.1, -0.05) is 23.7 Å². The number of amides is 1. The zero-order valence-electron chi connectivity index (χ0n) is 14.1. The van der Waals surface area contributed by atoms with Crippen LogP contribution in [-0.4, -0.2) is 22.7 Å². The zero-order valence-corrected chi connectivity index (χ0v) is 14.8. The van der Waals surface area contributed by atoms with Gasteiger partial charge in [0.15, 0.2) is 18.2 Å². The molecule has 0 atom stereocenters. The molecule has 0 aliphatic carbocycles. The molecular weight excluding hydrogens is 352 g/mol. The molecule has 132 valence electrons. The van der Waals surface area contributed by atoms with Gasteiger partial charge in [-0.3, -0.25) is 4.79 Å². The van der Waals surface area contributed by atoms with Crippen LogP contribution in [0.5, 0.6) is 5.75 Å². The lowest BCUT2D eigenvalue weighted by atomic mass is 10.2. The number of anilines is 3. The molecule has 1 amide bonds. The summed E-state index contributed by atoms with van der Waals surface area (Å²) in [6.07, 6.45) is 0. The van der Waals surface area contributed by atoms with E-state index in [0.29, 0.717) is 22.4 Å². The molecule has 0 unspecified atom stereocenters. The van der Waals surface area contributed by atoms with Crippen molar-refractivity contribution in [2.75, 3.05) is 17.2 Å². The molecule has 0 saturated heterocycles. The number of carbonyl (C=O) groups excluding carboxylic acids is 1. The highest BCUT2D eigenvalue weighted by Crippen LogP contribution is 2.17. The maximum atomic E-state index is 11.9. The number of aromatic nitrogens is 2. The smallest absolute Gasteiger partial charge is 0.263 e. The van der Waals surface area contributed by atoms with Crippen molar-refractivity contribution in [3.05, 3.63) is 71.2 Å². The fraction of sp³-hybridized carbons (Fsp3) is 0.105. The predicted molar refractivity (Wildman–Crippen MR) is 102 cm³/mol. The van der Waals surface area contributed by atoms with Crippen molar-refractivity contribution in [2.24, 2.45) is 0 Å². The van der Waals surface area contributed by atoms with Crippen LogP contribution in [0.15, 0.2) is 60.7 Å². The maximum absolute atomic E-state index is 11.9. The molecular formula is C19H17ClN4O2. The first-order valence-electron chi connectivity index (χ1n) is 7.94. The van der Waals surface area contributed by atoms with Gasteiger partial charge in [0.05, 0.1) is 0 Å². The van der Waals surface area contributed by atoms with Gasteiger partial charge in [-0.2, -0.15) is 0 Å². The summed E-state index contributed by atoms with van der Waals surface area (Å²) in [6.45, 7) is 1.88. The summed E-state index contributed by atoms with van der Waals surface area (Å²) in [7, 11) is 0. The van der Waals surface area contributed by atoms with Crippen molar-refractivity contribution in [1.29, 1.82) is 0 Å². The maximum Gasteiger partial charge on any atom is 0.263 e. The van der Waals surface area contributed by atoms with Crippen LogP contribution in [0.3, 0.4) is 0 Å². The highest BCUT2D eigenvalue weighted by atomic mass is 35.5. The Morgan fingerprint density at radius 3 is 2.46 bits per heavy atom. The summed E-state index contributed by atoms with van der Waals surface area (Å²) in [6, 6.07) is 18.1. The van der Waals surface area contributed by atoms with E-state index in [0.717, 1.165) is 11.3 Å². The number of ether oxygens (including phenoxy) is 1. The van der Waals surface area contributed by atoms with Gasteiger partial charge < -0.3 is 15.4 Å². The summed E-state index contributed by atoms with van der Waals surface area (Å²) in [5.74, 6) is 1.18. The minimum atomic E-state index is -0.325. The van der Waals surface area contributed by atoms with Crippen LogP contribution in [0.2, 0.25) is 5.02 Å². The lowest BCUT2D eigenvalue weighted by molar-refractivity contribution is -0.118. The van der Waals surface area contributed by atoms with Crippen molar-refractivity contribution in [2.45, 2.75) is 6.92 Å². The molecule has 7 heteroatoms. The van der Waals surface area contributed by atoms with Crippen LogP contribution in [0, 0.1) is 6.92 Å². The van der Waals surface area contributed by atoms with Gasteiger partial charge >= 0.3 is 0 Å². The number of halogens is 1. The molecule has 0 saturated carbocycles. The van der Waals surface area contributed by atoms with Crippen LogP contribution in [-0.2, 0) is 4.79 Å². The Morgan fingerprint density at radius 2 is 1.77 bits per heavy atom. The number of benzene rings is 2. The first kappa shape index (κ1) is 17.7. The van der Waals surface area contributed by atoms with Crippen LogP contribution in [0.4, 0.5) is 17.3 Å². The summed E-state index contributed by atoms with van der Waals surface area (Å²) in [4.78, 5) is 11.9. The summed E-state index contributed by atoms with van der Waals surface area (Å²) in [5.41, 5.74) is 2.07. The molecule has 1 heterocycles. The molecule has 0 spiro atoms. The van der Waals surface area contributed by atoms with E-state index in [1.807, 2.05) is 31.2 Å². The van der Waals surface area contributed by atoms with Crippen LogP contribution >= 0.6 is 11.6 Å². The van der Waals surface area contributed by atoms with Gasteiger partial charge in [0.25, 0.3) is 5.91 Å². The molecule has 2 aromatic carbocycles. The van der Waals surface area contributed by atoms with Crippen molar-refractivity contribution < 1.29 is 9.53 Å². The van der Waals surface area contributed by atoms with Crippen LogP contribution in [0.25, 0.3) is 0 Å². The average molecular weight is 369 g/mol. The normalized spacial score (nSPS) is 10.2. The van der Waals surface area contributed by atoms with E-state index in [4.69, 9.17) is 16.3 Å². The second kappa shape index (κ2) is 8.31. The molecule has 2 N–H and O–H groups in total. The van der Waals surface area contributed by atoms with E-state index in [-0.39, 0.29) is 12.5 Å². The van der Waals surface area contributed by atoms with Crippen molar-refractivity contribution in [3.63, 3.8) is 0 Å². The molecule has 1 aromatic heterocycles. The number of carbonyl (C=O) groups is 1. The molecule has 0 bridgehead atoms. The lowest BCUT2D eigenvalue weighted by Gasteiger charge is -2.08. The van der Waals surface area contributed by atoms with Crippen molar-refractivity contribution in [3.8, 4) is 5.75 Å².